The number of alkyl halides is 2. The zero-order valence-corrected chi connectivity index (χ0v) is 10.6. The number of halogens is 3. The van der Waals surface area contributed by atoms with E-state index in [-0.39, 0.29) is 11.3 Å². The number of aromatic nitrogens is 2. The van der Waals surface area contributed by atoms with Crippen molar-refractivity contribution in [2.24, 2.45) is 0 Å². The molecule has 1 aromatic heterocycles. The monoisotopic (exact) mass is 282 g/mol. The van der Waals surface area contributed by atoms with E-state index in [1.165, 1.54) is 17.0 Å². The molecule has 0 radical (unpaired) electrons. The van der Waals surface area contributed by atoms with Gasteiger partial charge in [-0.2, -0.15) is 0 Å². The minimum absolute atomic E-state index is 0.00827. The number of hydrogen-bond donors (Lipinski definition) is 1. The lowest BCUT2D eigenvalue weighted by molar-refractivity contribution is 0.150. The maximum Gasteiger partial charge on any atom is 0.265 e. The Kier molecular flexibility index (Phi) is 3.25. The second kappa shape index (κ2) is 4.94. The van der Waals surface area contributed by atoms with Gasteiger partial charge in [0.1, 0.15) is 5.82 Å². The van der Waals surface area contributed by atoms with Crippen LogP contribution in [0.25, 0.3) is 5.69 Å². The van der Waals surface area contributed by atoms with E-state index in [2.05, 4.69) is 4.98 Å². The summed E-state index contributed by atoms with van der Waals surface area (Å²) in [6.07, 6.45) is 2.47. The predicted molar refractivity (Wildman–Crippen MR) is 66.4 cm³/mol. The molecular weight excluding hydrogens is 269 g/mol. The van der Waals surface area contributed by atoms with Gasteiger partial charge in [0, 0.05) is 23.2 Å². The molecule has 1 aliphatic carbocycles. The molecule has 0 aliphatic heterocycles. The molecule has 1 N–H and O–H groups in total. The van der Waals surface area contributed by atoms with Gasteiger partial charge in [-0.05, 0) is 25.0 Å². The van der Waals surface area contributed by atoms with Crippen molar-refractivity contribution in [2.45, 2.75) is 31.8 Å². The van der Waals surface area contributed by atoms with Crippen LogP contribution in [-0.4, -0.2) is 14.7 Å². The van der Waals surface area contributed by atoms with Gasteiger partial charge in [0.25, 0.3) is 6.43 Å². The highest BCUT2D eigenvalue weighted by Crippen LogP contribution is 2.39. The van der Waals surface area contributed by atoms with E-state index in [0.29, 0.717) is 5.92 Å². The van der Waals surface area contributed by atoms with Gasteiger partial charge in [0.2, 0.25) is 0 Å². The fourth-order valence-corrected chi connectivity index (χ4v) is 2.20. The van der Waals surface area contributed by atoms with E-state index in [4.69, 9.17) is 5.11 Å². The molecular formula is C14H13F3N2O. The predicted octanol–water partition coefficient (Wildman–Crippen LogP) is 3.32. The molecule has 0 spiro atoms. The maximum atomic E-state index is 13.5. The van der Waals surface area contributed by atoms with Crippen LogP contribution in [0.3, 0.4) is 0 Å². The molecule has 1 fully saturated rings. The standard InChI is InChI=1S/C14H13F3N2O/c15-11-4-10(14(16)17)13(3-9(11)6-20)19-5-12(18-7-19)8-1-2-8/h3-5,7-8,14,20H,1-2,6H2. The molecule has 0 amide bonds. The molecule has 1 aromatic carbocycles. The van der Waals surface area contributed by atoms with Gasteiger partial charge in [0.05, 0.1) is 24.3 Å². The first-order valence-electron chi connectivity index (χ1n) is 6.35. The van der Waals surface area contributed by atoms with Gasteiger partial charge >= 0.3 is 0 Å². The number of aliphatic hydroxyl groups is 1. The van der Waals surface area contributed by atoms with Crippen molar-refractivity contribution in [2.75, 3.05) is 0 Å². The van der Waals surface area contributed by atoms with E-state index < -0.39 is 24.4 Å². The average molecular weight is 282 g/mol. The third-order valence-electron chi connectivity index (χ3n) is 3.48. The smallest absolute Gasteiger partial charge is 0.265 e. The molecule has 1 heterocycles. The summed E-state index contributed by atoms with van der Waals surface area (Å²) in [7, 11) is 0. The summed E-state index contributed by atoms with van der Waals surface area (Å²) in [5, 5.41) is 9.07. The first-order valence-corrected chi connectivity index (χ1v) is 6.35. The Morgan fingerprint density at radius 1 is 1.35 bits per heavy atom. The van der Waals surface area contributed by atoms with Gasteiger partial charge < -0.3 is 9.67 Å². The lowest BCUT2D eigenvalue weighted by Gasteiger charge is -2.12. The second-order valence-corrected chi connectivity index (χ2v) is 4.94. The molecule has 0 saturated heterocycles. The minimum atomic E-state index is -2.79. The molecule has 2 aromatic rings. The summed E-state index contributed by atoms with van der Waals surface area (Å²) in [4.78, 5) is 4.19. The largest absolute Gasteiger partial charge is 0.392 e. The van der Waals surface area contributed by atoms with Crippen molar-refractivity contribution in [1.29, 1.82) is 0 Å². The van der Waals surface area contributed by atoms with Crippen LogP contribution in [0, 0.1) is 5.82 Å². The van der Waals surface area contributed by atoms with Crippen molar-refractivity contribution in [3.63, 3.8) is 0 Å². The molecule has 3 rings (SSSR count). The topological polar surface area (TPSA) is 38.0 Å². The minimum Gasteiger partial charge on any atom is -0.392 e. The van der Waals surface area contributed by atoms with Crippen LogP contribution in [-0.2, 0) is 6.61 Å². The number of benzene rings is 1. The van der Waals surface area contributed by atoms with Gasteiger partial charge in [-0.1, -0.05) is 0 Å². The molecule has 1 saturated carbocycles. The summed E-state index contributed by atoms with van der Waals surface area (Å²) in [5.74, 6) is -0.418. The van der Waals surface area contributed by atoms with E-state index in [9.17, 15) is 13.2 Å². The molecule has 1 aliphatic rings. The molecule has 3 nitrogen and oxygen atoms in total. The fraction of sp³-hybridized carbons (Fsp3) is 0.357. The summed E-state index contributed by atoms with van der Waals surface area (Å²) in [5.41, 5.74) is 0.607. The summed E-state index contributed by atoms with van der Waals surface area (Å²) >= 11 is 0. The third-order valence-corrected chi connectivity index (χ3v) is 3.48. The molecule has 20 heavy (non-hydrogen) atoms. The Hall–Kier alpha value is -1.82. The van der Waals surface area contributed by atoms with Gasteiger partial charge in [0.15, 0.2) is 0 Å². The number of aliphatic hydroxyl groups excluding tert-OH is 1. The number of nitrogens with zero attached hydrogens (tertiary/aromatic N) is 2. The van der Waals surface area contributed by atoms with Crippen molar-refractivity contribution in [1.82, 2.24) is 9.55 Å². The highest BCUT2D eigenvalue weighted by Gasteiger charge is 2.26. The van der Waals surface area contributed by atoms with E-state index >= 15 is 0 Å². The van der Waals surface area contributed by atoms with Crippen LogP contribution in [0.4, 0.5) is 13.2 Å². The summed E-state index contributed by atoms with van der Waals surface area (Å²) in [6.45, 7) is -0.535. The van der Waals surface area contributed by atoms with Crippen LogP contribution >= 0.6 is 0 Å². The molecule has 0 bridgehead atoms. The van der Waals surface area contributed by atoms with Crippen molar-refractivity contribution in [3.05, 3.63) is 47.3 Å². The highest BCUT2D eigenvalue weighted by molar-refractivity contribution is 5.46. The molecule has 6 heteroatoms. The van der Waals surface area contributed by atoms with E-state index in [0.717, 1.165) is 24.6 Å². The Balaban J connectivity index is 2.08. The number of rotatable bonds is 4. The Labute approximate surface area is 113 Å². The zero-order valence-electron chi connectivity index (χ0n) is 10.6. The van der Waals surface area contributed by atoms with E-state index in [1.54, 1.807) is 6.20 Å². The van der Waals surface area contributed by atoms with Crippen molar-refractivity contribution in [3.8, 4) is 5.69 Å². The van der Waals surface area contributed by atoms with Crippen molar-refractivity contribution < 1.29 is 18.3 Å². The first kappa shape index (κ1) is 13.2. The fourth-order valence-electron chi connectivity index (χ4n) is 2.20. The zero-order chi connectivity index (χ0) is 14.3. The summed E-state index contributed by atoms with van der Waals surface area (Å²) < 4.78 is 41.1. The quantitative estimate of drug-likeness (QED) is 0.934. The lowest BCUT2D eigenvalue weighted by Crippen LogP contribution is -2.02. The first-order chi connectivity index (χ1) is 9.60. The van der Waals surface area contributed by atoms with Gasteiger partial charge in [-0.15, -0.1) is 0 Å². The van der Waals surface area contributed by atoms with Crippen LogP contribution in [0.1, 0.15) is 42.0 Å². The SMILES string of the molecule is OCc1cc(-n2cnc(C3CC3)c2)c(C(F)F)cc1F. The normalized spacial score (nSPS) is 15.1. The number of imidazole rings is 1. The third kappa shape index (κ3) is 2.31. The van der Waals surface area contributed by atoms with E-state index in [1.807, 2.05) is 0 Å². The highest BCUT2D eigenvalue weighted by atomic mass is 19.3. The molecule has 0 unspecified atom stereocenters. The second-order valence-electron chi connectivity index (χ2n) is 4.94. The Bertz CT molecular complexity index is 635. The maximum absolute atomic E-state index is 13.5. The Morgan fingerprint density at radius 2 is 2.10 bits per heavy atom. The van der Waals surface area contributed by atoms with Crippen LogP contribution in [0.15, 0.2) is 24.7 Å². The van der Waals surface area contributed by atoms with Gasteiger partial charge in [-0.3, -0.25) is 0 Å². The molecule has 106 valence electrons. The molecule has 0 atom stereocenters. The number of hydrogen-bond acceptors (Lipinski definition) is 2. The van der Waals surface area contributed by atoms with Crippen molar-refractivity contribution >= 4 is 0 Å². The Morgan fingerprint density at radius 3 is 2.70 bits per heavy atom. The summed E-state index contributed by atoms with van der Waals surface area (Å²) in [6, 6.07) is 2.03. The average Bonchev–Trinajstić information content (AvgIpc) is 3.16. The lowest BCUT2D eigenvalue weighted by atomic mass is 10.1. The van der Waals surface area contributed by atoms with Crippen LogP contribution < -0.4 is 0 Å². The van der Waals surface area contributed by atoms with Crippen LogP contribution in [0.2, 0.25) is 0 Å². The van der Waals surface area contributed by atoms with Gasteiger partial charge in [-0.25, -0.2) is 18.2 Å². The van der Waals surface area contributed by atoms with Crippen LogP contribution in [0.5, 0.6) is 0 Å².